The first kappa shape index (κ1) is 16.0. The van der Waals surface area contributed by atoms with E-state index in [0.717, 1.165) is 11.1 Å². The molecule has 7 heteroatoms. The van der Waals surface area contributed by atoms with E-state index in [1.807, 2.05) is 25.1 Å². The number of hydrogen-bond donors (Lipinski definition) is 0. The second kappa shape index (κ2) is 6.33. The van der Waals surface area contributed by atoms with Gasteiger partial charge in [-0.3, -0.25) is 4.28 Å². The van der Waals surface area contributed by atoms with Crippen LogP contribution in [0.15, 0.2) is 58.6 Å². The van der Waals surface area contributed by atoms with E-state index in [1.54, 1.807) is 18.2 Å². The van der Waals surface area contributed by atoms with Crippen molar-refractivity contribution >= 4 is 31.8 Å². The lowest BCUT2D eigenvalue weighted by Crippen LogP contribution is -2.22. The number of halogens is 1. The second-order valence-corrected chi connectivity index (χ2v) is 7.66. The van der Waals surface area contributed by atoms with Crippen molar-refractivity contribution in [2.45, 2.75) is 23.3 Å². The molecule has 0 saturated heterocycles. The molecule has 23 heavy (non-hydrogen) atoms. The molecule has 3 rings (SSSR count). The van der Waals surface area contributed by atoms with Gasteiger partial charge < -0.3 is 4.74 Å². The van der Waals surface area contributed by atoms with E-state index in [-0.39, 0.29) is 9.91 Å². The maximum Gasteiger partial charge on any atom is 0.358 e. The first-order chi connectivity index (χ1) is 11.0. The molecule has 2 aromatic rings. The summed E-state index contributed by atoms with van der Waals surface area (Å²) in [7, 11) is -3.94. The van der Waals surface area contributed by atoms with Gasteiger partial charge in [-0.1, -0.05) is 35.0 Å². The van der Waals surface area contributed by atoms with Gasteiger partial charge in [0.1, 0.15) is 10.6 Å². The van der Waals surface area contributed by atoms with Crippen molar-refractivity contribution in [2.24, 2.45) is 5.16 Å². The van der Waals surface area contributed by atoms with Crippen LogP contribution < -0.4 is 4.74 Å². The molecule has 0 aromatic heterocycles. The molecule has 2 aromatic carbocycles. The number of rotatable bonds is 3. The molecule has 1 atom stereocenters. The van der Waals surface area contributed by atoms with E-state index >= 15 is 0 Å². The van der Waals surface area contributed by atoms with Crippen molar-refractivity contribution in [1.82, 2.24) is 0 Å². The van der Waals surface area contributed by atoms with Crippen LogP contribution in [0.4, 0.5) is 0 Å². The molecule has 5 nitrogen and oxygen atoms in total. The molecule has 1 heterocycles. The maximum atomic E-state index is 12.2. The average molecular weight is 396 g/mol. The van der Waals surface area contributed by atoms with Crippen LogP contribution in [-0.2, 0) is 14.4 Å². The third kappa shape index (κ3) is 3.56. The Bertz CT molecular complexity index is 847. The monoisotopic (exact) mass is 395 g/mol. The standard InChI is InChI=1S/C16H14BrNO4S/c1-11-6-8-12(9-7-11)23(19,20)22-18-14-10-16(17)21-15-5-3-2-4-13(14)15/h2-9,16H,10H2,1H3. The smallest absolute Gasteiger partial charge is 0.358 e. The minimum atomic E-state index is -3.94. The van der Waals surface area contributed by atoms with Crippen molar-refractivity contribution in [3.05, 3.63) is 59.7 Å². The van der Waals surface area contributed by atoms with Crippen LogP contribution in [0.5, 0.6) is 5.75 Å². The summed E-state index contributed by atoms with van der Waals surface area (Å²) >= 11 is 3.36. The zero-order valence-electron chi connectivity index (χ0n) is 12.3. The number of fused-ring (bicyclic) bond motifs is 1. The highest BCUT2D eigenvalue weighted by atomic mass is 79.9. The summed E-state index contributed by atoms with van der Waals surface area (Å²) in [5.74, 6) is 0.635. The number of oxime groups is 1. The van der Waals surface area contributed by atoms with Gasteiger partial charge in [0.15, 0.2) is 5.01 Å². The van der Waals surface area contributed by atoms with E-state index < -0.39 is 10.1 Å². The van der Waals surface area contributed by atoms with Crippen molar-refractivity contribution < 1.29 is 17.4 Å². The summed E-state index contributed by atoms with van der Waals surface area (Å²) in [5, 5.41) is 3.59. The van der Waals surface area contributed by atoms with Crippen molar-refractivity contribution in [3.8, 4) is 5.75 Å². The first-order valence-corrected chi connectivity index (χ1v) is 9.25. The van der Waals surface area contributed by atoms with Gasteiger partial charge in [-0.2, -0.15) is 8.42 Å². The molecule has 1 unspecified atom stereocenters. The normalized spacial score (nSPS) is 19.0. The van der Waals surface area contributed by atoms with E-state index in [4.69, 9.17) is 9.02 Å². The Morgan fingerprint density at radius 1 is 1.17 bits per heavy atom. The van der Waals surface area contributed by atoms with Crippen molar-refractivity contribution in [1.29, 1.82) is 0 Å². The van der Waals surface area contributed by atoms with Crippen LogP contribution >= 0.6 is 15.9 Å². The third-order valence-corrected chi connectivity index (χ3v) is 4.99. The molecule has 1 aliphatic heterocycles. The predicted octanol–water partition coefficient (Wildman–Crippen LogP) is 3.61. The third-order valence-electron chi connectivity index (χ3n) is 3.36. The number of benzene rings is 2. The lowest BCUT2D eigenvalue weighted by molar-refractivity contribution is 0.286. The van der Waals surface area contributed by atoms with E-state index in [9.17, 15) is 8.42 Å². The van der Waals surface area contributed by atoms with Gasteiger partial charge in [0.25, 0.3) is 0 Å². The SMILES string of the molecule is Cc1ccc(S(=O)(=O)ON=C2CC(Br)Oc3ccccc32)cc1. The number of alkyl halides is 1. The number of aryl methyl sites for hydroxylation is 1. The molecular weight excluding hydrogens is 382 g/mol. The number of hydrogen-bond acceptors (Lipinski definition) is 5. The van der Waals surface area contributed by atoms with Gasteiger partial charge in [0.2, 0.25) is 0 Å². The number of nitrogens with zero attached hydrogens (tertiary/aromatic N) is 1. The predicted molar refractivity (Wildman–Crippen MR) is 90.4 cm³/mol. The van der Waals surface area contributed by atoms with Gasteiger partial charge in [0.05, 0.1) is 5.71 Å². The fourth-order valence-electron chi connectivity index (χ4n) is 2.18. The molecule has 0 N–H and O–H groups in total. The molecule has 0 fully saturated rings. The van der Waals surface area contributed by atoms with Crippen LogP contribution in [0, 0.1) is 6.92 Å². The Morgan fingerprint density at radius 2 is 1.87 bits per heavy atom. The molecule has 0 saturated carbocycles. The fourth-order valence-corrected chi connectivity index (χ4v) is 3.43. The topological polar surface area (TPSA) is 65.0 Å². The highest BCUT2D eigenvalue weighted by molar-refractivity contribution is 9.09. The zero-order chi connectivity index (χ0) is 16.4. The van der Waals surface area contributed by atoms with Gasteiger partial charge in [-0.15, -0.1) is 0 Å². The zero-order valence-corrected chi connectivity index (χ0v) is 14.7. The van der Waals surface area contributed by atoms with Gasteiger partial charge in [-0.25, -0.2) is 0 Å². The van der Waals surface area contributed by atoms with Crippen LogP contribution in [0.25, 0.3) is 0 Å². The van der Waals surface area contributed by atoms with E-state index in [2.05, 4.69) is 21.1 Å². The van der Waals surface area contributed by atoms with Crippen molar-refractivity contribution in [3.63, 3.8) is 0 Å². The second-order valence-electron chi connectivity index (χ2n) is 5.11. The fraction of sp³-hybridized carbons (Fsp3) is 0.188. The Morgan fingerprint density at radius 3 is 2.61 bits per heavy atom. The van der Waals surface area contributed by atoms with Gasteiger partial charge in [-0.05, 0) is 47.1 Å². The molecule has 120 valence electrons. The molecule has 0 bridgehead atoms. The van der Waals surface area contributed by atoms with Gasteiger partial charge in [0, 0.05) is 12.0 Å². The Kier molecular flexibility index (Phi) is 4.41. The van der Waals surface area contributed by atoms with E-state index in [1.165, 1.54) is 12.1 Å². The Hall–Kier alpha value is -1.86. The molecular formula is C16H14BrNO4S. The molecule has 1 aliphatic rings. The molecule has 0 aliphatic carbocycles. The number of para-hydroxylation sites is 1. The van der Waals surface area contributed by atoms with Crippen LogP contribution in [0.3, 0.4) is 0 Å². The lowest BCUT2D eigenvalue weighted by Gasteiger charge is -2.22. The van der Waals surface area contributed by atoms with E-state index in [0.29, 0.717) is 17.9 Å². The summed E-state index contributed by atoms with van der Waals surface area (Å²) < 4.78 is 34.9. The lowest BCUT2D eigenvalue weighted by atomic mass is 10.0. The van der Waals surface area contributed by atoms with Crippen LogP contribution in [0.2, 0.25) is 0 Å². The highest BCUT2D eigenvalue weighted by Gasteiger charge is 2.24. The average Bonchev–Trinajstić information content (AvgIpc) is 2.53. The Labute approximate surface area is 143 Å². The summed E-state index contributed by atoms with van der Waals surface area (Å²) in [6.07, 6.45) is 0.403. The summed E-state index contributed by atoms with van der Waals surface area (Å²) in [4.78, 5) is 0.0724. The quantitative estimate of drug-likeness (QED) is 0.588. The summed E-state index contributed by atoms with van der Waals surface area (Å²) in [5.41, 5.74) is 2.21. The largest absolute Gasteiger partial charge is 0.478 e. The Balaban J connectivity index is 1.89. The van der Waals surface area contributed by atoms with Crippen molar-refractivity contribution in [2.75, 3.05) is 0 Å². The molecule has 0 radical (unpaired) electrons. The molecule has 0 amide bonds. The summed E-state index contributed by atoms with van der Waals surface area (Å²) in [6, 6.07) is 13.7. The highest BCUT2D eigenvalue weighted by Crippen LogP contribution is 2.30. The maximum absolute atomic E-state index is 12.2. The number of ether oxygens (including phenoxy) is 1. The first-order valence-electron chi connectivity index (χ1n) is 6.93. The van der Waals surface area contributed by atoms with Gasteiger partial charge >= 0.3 is 10.1 Å². The minimum Gasteiger partial charge on any atom is -0.478 e. The molecule has 0 spiro atoms. The minimum absolute atomic E-state index is 0.0724. The van der Waals surface area contributed by atoms with Crippen LogP contribution in [-0.4, -0.2) is 19.1 Å². The summed E-state index contributed by atoms with van der Waals surface area (Å²) in [6.45, 7) is 1.88. The van der Waals surface area contributed by atoms with Crippen LogP contribution in [0.1, 0.15) is 17.5 Å².